The van der Waals surface area contributed by atoms with Crippen molar-refractivity contribution in [3.05, 3.63) is 12.7 Å². The minimum atomic E-state index is -0.743. The number of aliphatic carboxylic acids is 1. The van der Waals surface area contributed by atoms with E-state index in [9.17, 15) is 14.7 Å². The molecule has 0 amide bonds. The van der Waals surface area contributed by atoms with E-state index in [-0.39, 0.29) is 22.7 Å². The lowest BCUT2D eigenvalue weighted by Gasteiger charge is -2.60. The summed E-state index contributed by atoms with van der Waals surface area (Å²) in [5.74, 6) is 0.0269. The van der Waals surface area contributed by atoms with Gasteiger partial charge in [0, 0.05) is 12.3 Å². The summed E-state index contributed by atoms with van der Waals surface area (Å²) in [7, 11) is 0. The summed E-state index contributed by atoms with van der Waals surface area (Å²) in [6.45, 7) is 10.3. The van der Waals surface area contributed by atoms with Crippen LogP contribution >= 0.6 is 0 Å². The summed E-state index contributed by atoms with van der Waals surface area (Å²) in [6, 6.07) is 0. The van der Waals surface area contributed by atoms with E-state index in [1.165, 1.54) is 0 Å². The molecule has 0 aromatic rings. The molecule has 3 aliphatic carbocycles. The summed E-state index contributed by atoms with van der Waals surface area (Å²) in [5.41, 5.74) is -0.690. The summed E-state index contributed by atoms with van der Waals surface area (Å²) in [4.78, 5) is 24.9. The van der Waals surface area contributed by atoms with Gasteiger partial charge in [-0.3, -0.25) is 9.59 Å². The first-order chi connectivity index (χ1) is 10.7. The maximum Gasteiger partial charge on any atom is 0.309 e. The first kappa shape index (κ1) is 16.7. The lowest BCUT2D eigenvalue weighted by atomic mass is 9.43. The zero-order valence-electron chi connectivity index (χ0n) is 14.7. The molecule has 0 bridgehead atoms. The van der Waals surface area contributed by atoms with E-state index in [1.807, 2.05) is 13.0 Å². The van der Waals surface area contributed by atoms with Crippen LogP contribution in [0.2, 0.25) is 0 Å². The fourth-order valence-electron chi connectivity index (χ4n) is 6.17. The Bertz CT molecular complexity index is 553. The highest BCUT2D eigenvalue weighted by Crippen LogP contribution is 2.64. The minimum absolute atomic E-state index is 0.00747. The van der Waals surface area contributed by atoms with Crippen molar-refractivity contribution in [3.8, 4) is 0 Å². The Labute approximate surface area is 139 Å². The predicted molar refractivity (Wildman–Crippen MR) is 89.9 cm³/mol. The fourth-order valence-corrected chi connectivity index (χ4v) is 6.17. The van der Waals surface area contributed by atoms with E-state index in [1.54, 1.807) is 0 Å². The molecule has 1 N–H and O–H groups in total. The third-order valence-electron chi connectivity index (χ3n) is 7.82. The van der Waals surface area contributed by atoms with Crippen molar-refractivity contribution in [2.24, 2.45) is 34.0 Å². The Morgan fingerprint density at radius 2 is 1.96 bits per heavy atom. The molecule has 3 saturated carbocycles. The van der Waals surface area contributed by atoms with Gasteiger partial charge in [-0.05, 0) is 61.7 Å². The summed E-state index contributed by atoms with van der Waals surface area (Å²) >= 11 is 0. The van der Waals surface area contributed by atoms with Gasteiger partial charge < -0.3 is 5.11 Å². The highest BCUT2D eigenvalue weighted by Gasteiger charge is 2.62. The van der Waals surface area contributed by atoms with Gasteiger partial charge in [0.25, 0.3) is 0 Å². The number of Topliss-reactive ketones (excluding diaryl/α,β-unsaturated/α-hetero) is 1. The van der Waals surface area contributed by atoms with E-state index in [0.717, 1.165) is 32.1 Å². The average molecular weight is 318 g/mol. The van der Waals surface area contributed by atoms with E-state index >= 15 is 0 Å². The quantitative estimate of drug-likeness (QED) is 0.765. The second-order valence-electron chi connectivity index (χ2n) is 9.12. The molecular formula is C20H30O3. The van der Waals surface area contributed by atoms with Gasteiger partial charge in [-0.1, -0.05) is 26.3 Å². The van der Waals surface area contributed by atoms with Gasteiger partial charge in [-0.25, -0.2) is 0 Å². The van der Waals surface area contributed by atoms with Gasteiger partial charge in [-0.15, -0.1) is 6.58 Å². The van der Waals surface area contributed by atoms with Gasteiger partial charge in [-0.2, -0.15) is 0 Å². The highest BCUT2D eigenvalue weighted by atomic mass is 16.4. The molecule has 3 aliphatic rings. The third-order valence-corrected chi connectivity index (χ3v) is 7.82. The maximum atomic E-state index is 12.9. The number of hydrogen-bond acceptors (Lipinski definition) is 2. The molecule has 0 aromatic heterocycles. The average Bonchev–Trinajstić information content (AvgIpc) is 2.50. The normalized spacial score (nSPS) is 49.9. The summed E-state index contributed by atoms with van der Waals surface area (Å²) in [5, 5.41) is 9.83. The van der Waals surface area contributed by atoms with Crippen molar-refractivity contribution in [2.45, 2.75) is 65.7 Å². The van der Waals surface area contributed by atoms with Gasteiger partial charge in [0.1, 0.15) is 5.78 Å². The van der Waals surface area contributed by atoms with Crippen LogP contribution in [-0.2, 0) is 9.59 Å². The number of rotatable bonds is 2. The van der Waals surface area contributed by atoms with Gasteiger partial charge in [0.2, 0.25) is 0 Å². The Hall–Kier alpha value is -1.12. The van der Waals surface area contributed by atoms with Crippen molar-refractivity contribution in [3.63, 3.8) is 0 Å². The molecule has 0 heterocycles. The van der Waals surface area contributed by atoms with E-state index < -0.39 is 11.4 Å². The van der Waals surface area contributed by atoms with E-state index in [4.69, 9.17) is 0 Å². The van der Waals surface area contributed by atoms with Crippen LogP contribution in [0.4, 0.5) is 0 Å². The van der Waals surface area contributed by atoms with Crippen LogP contribution in [0.5, 0.6) is 0 Å². The number of allylic oxidation sites excluding steroid dienone is 1. The zero-order valence-corrected chi connectivity index (χ0v) is 14.7. The molecule has 0 radical (unpaired) electrons. The lowest BCUT2D eigenvalue weighted by molar-refractivity contribution is -0.176. The summed E-state index contributed by atoms with van der Waals surface area (Å²) < 4.78 is 0. The molecule has 3 fully saturated rings. The van der Waals surface area contributed by atoms with Gasteiger partial charge >= 0.3 is 5.97 Å². The first-order valence-corrected chi connectivity index (χ1v) is 9.06. The number of carbonyl (C=O) groups is 2. The lowest BCUT2D eigenvalue weighted by Crippen LogP contribution is -2.58. The largest absolute Gasteiger partial charge is 0.481 e. The Balaban J connectivity index is 1.98. The number of hydrogen-bond donors (Lipinski definition) is 1. The Kier molecular flexibility index (Phi) is 3.77. The second kappa shape index (κ2) is 5.19. The number of ketones is 1. The predicted octanol–water partition coefficient (Wildman–Crippen LogP) is 4.47. The van der Waals surface area contributed by atoms with Crippen molar-refractivity contribution < 1.29 is 14.7 Å². The zero-order chi connectivity index (χ0) is 17.0. The molecular weight excluding hydrogens is 288 g/mol. The Morgan fingerprint density at radius 1 is 1.26 bits per heavy atom. The molecule has 3 nitrogen and oxygen atoms in total. The van der Waals surface area contributed by atoms with Crippen LogP contribution < -0.4 is 0 Å². The van der Waals surface area contributed by atoms with Crippen molar-refractivity contribution in [2.75, 3.05) is 0 Å². The molecule has 23 heavy (non-hydrogen) atoms. The van der Waals surface area contributed by atoms with Crippen LogP contribution in [0.25, 0.3) is 0 Å². The van der Waals surface area contributed by atoms with Crippen molar-refractivity contribution in [1.29, 1.82) is 0 Å². The molecule has 0 aliphatic heterocycles. The van der Waals surface area contributed by atoms with Crippen LogP contribution in [0, 0.1) is 34.0 Å². The Morgan fingerprint density at radius 3 is 2.57 bits per heavy atom. The fraction of sp³-hybridized carbons (Fsp3) is 0.800. The van der Waals surface area contributed by atoms with E-state index in [2.05, 4.69) is 20.4 Å². The topological polar surface area (TPSA) is 54.4 Å². The minimum Gasteiger partial charge on any atom is -0.481 e. The molecule has 3 heteroatoms. The van der Waals surface area contributed by atoms with Crippen LogP contribution in [0.3, 0.4) is 0 Å². The van der Waals surface area contributed by atoms with Gasteiger partial charge in [0.15, 0.2) is 0 Å². The second-order valence-corrected chi connectivity index (χ2v) is 9.12. The monoisotopic (exact) mass is 318 g/mol. The molecule has 6 atom stereocenters. The smallest absolute Gasteiger partial charge is 0.309 e. The van der Waals surface area contributed by atoms with Crippen LogP contribution in [-0.4, -0.2) is 16.9 Å². The van der Waals surface area contributed by atoms with Crippen LogP contribution in [0.15, 0.2) is 12.7 Å². The maximum absolute atomic E-state index is 12.9. The SMILES string of the molecule is C=C[C@@]1(C)CC[C@@H]2C(C1)C(=O)C[C@H]1[C@@]2(C)CCC[C@@]1(C)C(=O)O. The number of fused-ring (bicyclic) bond motifs is 3. The van der Waals surface area contributed by atoms with Crippen LogP contribution in [0.1, 0.15) is 65.7 Å². The first-order valence-electron chi connectivity index (χ1n) is 9.06. The molecule has 0 saturated heterocycles. The number of carboxylic acids is 1. The molecule has 0 spiro atoms. The molecule has 3 rings (SSSR count). The van der Waals surface area contributed by atoms with E-state index in [0.29, 0.717) is 24.5 Å². The third kappa shape index (κ3) is 2.30. The van der Waals surface area contributed by atoms with Crippen molar-refractivity contribution >= 4 is 11.8 Å². The number of carbonyl (C=O) groups excluding carboxylic acids is 1. The molecule has 128 valence electrons. The van der Waals surface area contributed by atoms with Crippen molar-refractivity contribution in [1.82, 2.24) is 0 Å². The number of carboxylic acid groups (broad SMARTS) is 1. The van der Waals surface area contributed by atoms with Gasteiger partial charge in [0.05, 0.1) is 5.41 Å². The molecule has 0 aromatic carbocycles. The highest BCUT2D eigenvalue weighted by molar-refractivity contribution is 5.85. The summed E-state index contributed by atoms with van der Waals surface area (Å²) in [6.07, 6.45) is 8.20. The standard InChI is InChI=1S/C20H30O3/c1-5-18(2)10-7-14-13(12-18)15(21)11-16-19(14,3)8-6-9-20(16,4)17(22)23/h5,13-14,16H,1,6-12H2,2-4H3,(H,22,23)/t13?,14-,16+,18+,19+,20-/m1/s1. The molecule has 1 unspecified atom stereocenters.